The summed E-state index contributed by atoms with van der Waals surface area (Å²) in [6.07, 6.45) is 1.46. The maximum Gasteiger partial charge on any atom is 0.414 e. The van der Waals surface area contributed by atoms with Crippen LogP contribution in [0.4, 0.5) is 25.6 Å². The van der Waals surface area contributed by atoms with Crippen LogP contribution in [0, 0.1) is 5.82 Å². The SMILES string of the molecule is COC(=O)NC[C@H]1CN(c2ccc(-c3cnc(N4CCSCC4)nc3)c(F)c2)C(=O)O1. The van der Waals surface area contributed by atoms with Crippen LogP contribution in [0.1, 0.15) is 0 Å². The summed E-state index contributed by atoms with van der Waals surface area (Å²) in [5, 5.41) is 2.48. The predicted octanol–water partition coefficient (Wildman–Crippen LogP) is 2.52. The quantitative estimate of drug-likeness (QED) is 0.747. The first kappa shape index (κ1) is 21.2. The van der Waals surface area contributed by atoms with Crippen molar-refractivity contribution in [1.29, 1.82) is 0 Å². The van der Waals surface area contributed by atoms with Crippen LogP contribution in [0.3, 0.4) is 0 Å². The molecule has 1 aromatic heterocycles. The van der Waals surface area contributed by atoms with E-state index >= 15 is 0 Å². The Hall–Kier alpha value is -3.08. The normalized spacial score (nSPS) is 18.6. The second kappa shape index (κ2) is 9.38. The van der Waals surface area contributed by atoms with Gasteiger partial charge in [0.15, 0.2) is 0 Å². The molecule has 11 heteroatoms. The van der Waals surface area contributed by atoms with E-state index in [1.54, 1.807) is 24.5 Å². The first-order chi connectivity index (χ1) is 15.0. The molecule has 0 saturated carbocycles. The molecule has 164 valence electrons. The smallest absolute Gasteiger partial charge is 0.414 e. The highest BCUT2D eigenvalue weighted by Gasteiger charge is 2.33. The molecule has 2 saturated heterocycles. The molecule has 2 aromatic rings. The highest BCUT2D eigenvalue weighted by atomic mass is 32.2. The van der Waals surface area contributed by atoms with Crippen molar-refractivity contribution in [2.45, 2.75) is 6.10 Å². The topological polar surface area (TPSA) is 96.9 Å². The number of nitrogens with one attached hydrogen (secondary N) is 1. The lowest BCUT2D eigenvalue weighted by Gasteiger charge is -2.26. The lowest BCUT2D eigenvalue weighted by Crippen LogP contribution is -2.34. The molecule has 2 aliphatic heterocycles. The number of cyclic esters (lactones) is 1. The van der Waals surface area contributed by atoms with Gasteiger partial charge in [0.1, 0.15) is 11.9 Å². The van der Waals surface area contributed by atoms with Gasteiger partial charge in [-0.2, -0.15) is 11.8 Å². The third-order valence-electron chi connectivity index (χ3n) is 5.04. The Labute approximate surface area is 182 Å². The molecule has 0 radical (unpaired) electrons. The summed E-state index contributed by atoms with van der Waals surface area (Å²) >= 11 is 1.90. The zero-order chi connectivity index (χ0) is 21.8. The average Bonchev–Trinajstić information content (AvgIpc) is 3.18. The van der Waals surface area contributed by atoms with Crippen molar-refractivity contribution in [1.82, 2.24) is 15.3 Å². The fourth-order valence-electron chi connectivity index (χ4n) is 3.40. The van der Waals surface area contributed by atoms with E-state index in [4.69, 9.17) is 4.74 Å². The number of carbonyl (C=O) groups is 2. The van der Waals surface area contributed by atoms with Crippen LogP contribution in [0.15, 0.2) is 30.6 Å². The lowest BCUT2D eigenvalue weighted by molar-refractivity contribution is 0.132. The summed E-state index contributed by atoms with van der Waals surface area (Å²) < 4.78 is 24.6. The van der Waals surface area contributed by atoms with Crippen LogP contribution in [0.25, 0.3) is 11.1 Å². The van der Waals surface area contributed by atoms with Crippen LogP contribution in [0.2, 0.25) is 0 Å². The Morgan fingerprint density at radius 3 is 2.74 bits per heavy atom. The number of anilines is 2. The minimum Gasteiger partial charge on any atom is -0.453 e. The molecule has 9 nitrogen and oxygen atoms in total. The standard InChI is InChI=1S/C20H22FN5O4S/c1-29-19(27)24-11-15-12-26(20(28)30-15)14-2-3-16(17(21)8-14)13-9-22-18(23-10-13)25-4-6-31-7-5-25/h2-3,8-10,15H,4-7,11-12H2,1H3,(H,24,27)/t15-/m0/s1. The second-order valence-corrected chi connectivity index (χ2v) is 8.25. The molecule has 1 atom stereocenters. The van der Waals surface area contributed by atoms with E-state index in [0.717, 1.165) is 24.6 Å². The van der Waals surface area contributed by atoms with Crippen molar-refractivity contribution < 1.29 is 23.5 Å². The number of aromatic nitrogens is 2. The van der Waals surface area contributed by atoms with Gasteiger partial charge in [-0.25, -0.2) is 23.9 Å². The minimum absolute atomic E-state index is 0.106. The third kappa shape index (κ3) is 4.82. The van der Waals surface area contributed by atoms with Crippen LogP contribution < -0.4 is 15.1 Å². The van der Waals surface area contributed by atoms with Crippen LogP contribution >= 0.6 is 11.8 Å². The Morgan fingerprint density at radius 2 is 2.06 bits per heavy atom. The molecule has 1 N–H and O–H groups in total. The Kier molecular flexibility index (Phi) is 6.40. The van der Waals surface area contributed by atoms with E-state index in [2.05, 4.69) is 24.9 Å². The van der Waals surface area contributed by atoms with Crippen molar-refractivity contribution in [3.63, 3.8) is 0 Å². The van der Waals surface area contributed by atoms with Gasteiger partial charge in [-0.3, -0.25) is 4.90 Å². The van der Waals surface area contributed by atoms with E-state index < -0.39 is 24.1 Å². The Morgan fingerprint density at radius 1 is 1.32 bits per heavy atom. The van der Waals surface area contributed by atoms with Gasteiger partial charge in [0.2, 0.25) is 5.95 Å². The number of hydrogen-bond acceptors (Lipinski definition) is 8. The third-order valence-corrected chi connectivity index (χ3v) is 5.98. The zero-order valence-corrected chi connectivity index (χ0v) is 17.7. The number of nitrogens with zero attached hydrogens (tertiary/aromatic N) is 4. The second-order valence-electron chi connectivity index (χ2n) is 7.02. The molecule has 2 aliphatic rings. The number of carbonyl (C=O) groups excluding carboxylic acids is 2. The maximum absolute atomic E-state index is 14.8. The molecule has 31 heavy (non-hydrogen) atoms. The highest BCUT2D eigenvalue weighted by molar-refractivity contribution is 7.99. The van der Waals surface area contributed by atoms with Crippen LogP contribution in [-0.2, 0) is 9.47 Å². The number of hydrogen-bond donors (Lipinski definition) is 1. The number of thioether (sulfide) groups is 1. The fourth-order valence-corrected chi connectivity index (χ4v) is 4.30. The van der Waals surface area contributed by atoms with Crippen molar-refractivity contribution in [3.05, 3.63) is 36.4 Å². The maximum atomic E-state index is 14.8. The molecular weight excluding hydrogens is 425 g/mol. The average molecular weight is 447 g/mol. The summed E-state index contributed by atoms with van der Waals surface area (Å²) in [4.78, 5) is 35.6. The van der Waals surface area contributed by atoms with Gasteiger partial charge in [0, 0.05) is 48.1 Å². The largest absolute Gasteiger partial charge is 0.453 e. The van der Waals surface area contributed by atoms with Crippen molar-refractivity contribution in [2.24, 2.45) is 0 Å². The summed E-state index contributed by atoms with van der Waals surface area (Å²) in [7, 11) is 1.25. The molecule has 4 rings (SSSR count). The van der Waals surface area contributed by atoms with E-state index in [0.29, 0.717) is 22.8 Å². The number of methoxy groups -OCH3 is 1. The summed E-state index contributed by atoms with van der Waals surface area (Å²) in [5.74, 6) is 2.24. The van der Waals surface area contributed by atoms with E-state index in [1.807, 2.05) is 11.8 Å². The summed E-state index contributed by atoms with van der Waals surface area (Å²) in [5.41, 5.74) is 1.28. The molecule has 1 aromatic carbocycles. The Bertz CT molecular complexity index is 955. The van der Waals surface area contributed by atoms with Gasteiger partial charge in [0.05, 0.1) is 25.9 Å². The number of ether oxygens (including phenoxy) is 2. The lowest BCUT2D eigenvalue weighted by atomic mass is 10.1. The molecule has 0 aliphatic carbocycles. The zero-order valence-electron chi connectivity index (χ0n) is 16.9. The number of benzene rings is 1. The fraction of sp³-hybridized carbons (Fsp3) is 0.400. The van der Waals surface area contributed by atoms with Crippen molar-refractivity contribution in [2.75, 3.05) is 54.6 Å². The van der Waals surface area contributed by atoms with Gasteiger partial charge < -0.3 is 19.7 Å². The Balaban J connectivity index is 1.44. The van der Waals surface area contributed by atoms with Crippen molar-refractivity contribution in [3.8, 4) is 11.1 Å². The van der Waals surface area contributed by atoms with Gasteiger partial charge in [-0.1, -0.05) is 0 Å². The van der Waals surface area contributed by atoms with Crippen molar-refractivity contribution >= 4 is 35.6 Å². The minimum atomic E-state index is -0.614. The molecule has 0 bridgehead atoms. The molecule has 0 spiro atoms. The van der Waals surface area contributed by atoms with E-state index in [1.165, 1.54) is 18.1 Å². The van der Waals surface area contributed by atoms with Gasteiger partial charge >= 0.3 is 12.2 Å². The van der Waals surface area contributed by atoms with E-state index in [9.17, 15) is 14.0 Å². The molecule has 2 amide bonds. The summed E-state index contributed by atoms with van der Waals surface area (Å²) in [6.45, 7) is 2.09. The molecular formula is C20H22FN5O4S. The van der Waals surface area contributed by atoms with E-state index in [-0.39, 0.29) is 13.1 Å². The number of rotatable bonds is 5. The number of alkyl carbamates (subject to hydrolysis) is 1. The first-order valence-corrected chi connectivity index (χ1v) is 11.0. The molecule has 0 unspecified atom stereocenters. The van der Waals surface area contributed by atoms with Gasteiger partial charge in [-0.15, -0.1) is 0 Å². The monoisotopic (exact) mass is 447 g/mol. The van der Waals surface area contributed by atoms with Gasteiger partial charge in [-0.05, 0) is 18.2 Å². The van der Waals surface area contributed by atoms with Gasteiger partial charge in [0.25, 0.3) is 0 Å². The number of amides is 2. The summed E-state index contributed by atoms with van der Waals surface area (Å²) in [6, 6.07) is 4.52. The predicted molar refractivity (Wildman–Crippen MR) is 115 cm³/mol. The first-order valence-electron chi connectivity index (χ1n) is 9.80. The molecule has 2 fully saturated rings. The highest BCUT2D eigenvalue weighted by Crippen LogP contribution is 2.29. The van der Waals surface area contributed by atoms with Crippen LogP contribution in [0.5, 0.6) is 0 Å². The number of halogens is 1. The van der Waals surface area contributed by atoms with Crippen LogP contribution in [-0.4, -0.2) is 73.1 Å². The molecule has 3 heterocycles.